The number of fused-ring (bicyclic) bond motifs is 1. The van der Waals surface area contributed by atoms with E-state index in [1.165, 1.54) is 11.3 Å². The van der Waals surface area contributed by atoms with E-state index in [9.17, 15) is 9.59 Å². The maximum atomic E-state index is 13.0. The van der Waals surface area contributed by atoms with Crippen molar-refractivity contribution in [2.24, 2.45) is 0 Å². The first-order chi connectivity index (χ1) is 17.5. The second-order valence-electron chi connectivity index (χ2n) is 9.20. The molecule has 0 saturated carbocycles. The van der Waals surface area contributed by atoms with Crippen LogP contribution in [-0.2, 0) is 11.2 Å². The van der Waals surface area contributed by atoms with Gasteiger partial charge in [0, 0.05) is 25.2 Å². The van der Waals surface area contributed by atoms with Crippen molar-refractivity contribution in [2.75, 3.05) is 37.7 Å². The number of aromatic amines is 1. The van der Waals surface area contributed by atoms with E-state index >= 15 is 0 Å². The highest BCUT2D eigenvalue weighted by Gasteiger charge is 2.37. The maximum absolute atomic E-state index is 13.0. The van der Waals surface area contributed by atoms with Crippen molar-refractivity contribution in [1.82, 2.24) is 25.2 Å². The molecule has 2 saturated heterocycles. The van der Waals surface area contributed by atoms with Crippen molar-refractivity contribution >= 4 is 50.2 Å². The van der Waals surface area contributed by atoms with E-state index < -0.39 is 0 Å². The van der Waals surface area contributed by atoms with Crippen LogP contribution in [0.1, 0.15) is 59.8 Å². The van der Waals surface area contributed by atoms with Crippen LogP contribution in [0.5, 0.6) is 0 Å². The molecule has 2 atom stereocenters. The number of hydrogen-bond acceptors (Lipinski definition) is 8. The quantitative estimate of drug-likeness (QED) is 0.447. The Morgan fingerprint density at radius 2 is 2.03 bits per heavy atom. The Kier molecular flexibility index (Phi) is 7.45. The third-order valence-electron chi connectivity index (χ3n) is 6.97. The summed E-state index contributed by atoms with van der Waals surface area (Å²) in [6.07, 6.45) is 3.79. The topological polar surface area (TPSA) is 103 Å². The fourth-order valence-electron chi connectivity index (χ4n) is 5.13. The fourth-order valence-corrected chi connectivity index (χ4v) is 6.49. The molecule has 2 fully saturated rings. The first-order valence-electron chi connectivity index (χ1n) is 12.6. The normalized spacial score (nSPS) is 20.7. The second kappa shape index (κ2) is 10.7. The number of ether oxygens (including phenoxy) is 1. The zero-order valence-corrected chi connectivity index (χ0v) is 22.1. The average molecular weight is 531 g/mol. The van der Waals surface area contributed by atoms with Crippen molar-refractivity contribution < 1.29 is 14.3 Å². The summed E-state index contributed by atoms with van der Waals surface area (Å²) >= 11 is 7.69. The monoisotopic (exact) mass is 530 g/mol. The predicted octanol–water partition coefficient (Wildman–Crippen LogP) is 3.89. The minimum absolute atomic E-state index is 0.00901. The van der Waals surface area contributed by atoms with Crippen LogP contribution in [0.15, 0.2) is 18.2 Å². The number of nitrogens with one attached hydrogen (secondary N) is 2. The molecule has 2 aromatic heterocycles. The fraction of sp³-hybridized carbons (Fsp3) is 0.520. The second-order valence-corrected chi connectivity index (χ2v) is 10.5. The van der Waals surface area contributed by atoms with Gasteiger partial charge in [-0.25, -0.2) is 14.8 Å². The summed E-state index contributed by atoms with van der Waals surface area (Å²) in [5, 5.41) is 4.47. The van der Waals surface area contributed by atoms with Gasteiger partial charge in [-0.15, -0.1) is 0 Å². The molecular formula is C25H31ClN6O3S. The van der Waals surface area contributed by atoms with Crippen molar-refractivity contribution in [1.29, 1.82) is 0 Å². The van der Waals surface area contributed by atoms with Crippen LogP contribution in [0.2, 0.25) is 5.15 Å². The molecule has 0 unspecified atom stereocenters. The number of rotatable bonds is 7. The number of benzene rings is 1. The first kappa shape index (κ1) is 25.0. The molecule has 1 aromatic carbocycles. The lowest BCUT2D eigenvalue weighted by Crippen LogP contribution is -2.60. The molecule has 9 nitrogen and oxygen atoms in total. The third-order valence-corrected chi connectivity index (χ3v) is 8.45. The Hall–Kier alpha value is -2.69. The minimum atomic E-state index is -0.320. The van der Waals surface area contributed by atoms with E-state index in [1.807, 2.05) is 19.1 Å². The Bertz CT molecular complexity index is 1250. The molecule has 0 spiro atoms. The lowest BCUT2D eigenvalue weighted by molar-refractivity contribution is 0.0528. The molecule has 0 radical (unpaired) electrons. The van der Waals surface area contributed by atoms with E-state index in [2.05, 4.69) is 25.1 Å². The van der Waals surface area contributed by atoms with Crippen molar-refractivity contribution in [3.8, 4) is 0 Å². The molecule has 2 aliphatic rings. The number of esters is 1. The number of amides is 1. The molecule has 36 heavy (non-hydrogen) atoms. The van der Waals surface area contributed by atoms with Gasteiger partial charge in [0.1, 0.15) is 0 Å². The number of nitrogens with zero attached hydrogens (tertiary/aromatic N) is 4. The number of halogens is 1. The zero-order valence-electron chi connectivity index (χ0n) is 20.6. The molecule has 1 amide bonds. The predicted molar refractivity (Wildman–Crippen MR) is 141 cm³/mol. The number of anilines is 1. The van der Waals surface area contributed by atoms with Crippen molar-refractivity contribution in [2.45, 2.75) is 51.6 Å². The van der Waals surface area contributed by atoms with Gasteiger partial charge in [0.2, 0.25) is 0 Å². The summed E-state index contributed by atoms with van der Waals surface area (Å²) < 4.78 is 6.09. The van der Waals surface area contributed by atoms with Gasteiger partial charge in [-0.1, -0.05) is 35.9 Å². The molecule has 4 heterocycles. The summed E-state index contributed by atoms with van der Waals surface area (Å²) in [6.45, 7) is 7.65. The number of imidazole rings is 1. The summed E-state index contributed by atoms with van der Waals surface area (Å²) in [6, 6.07) is 5.71. The Balaban J connectivity index is 1.36. The molecule has 11 heteroatoms. The van der Waals surface area contributed by atoms with Crippen LogP contribution in [0.4, 0.5) is 5.13 Å². The van der Waals surface area contributed by atoms with Gasteiger partial charge in [-0.3, -0.25) is 9.69 Å². The SMILES string of the molecule is CCOC(=O)c1cccc2nc(N3CC[C@@H](NC(=O)c4nc(Cl)c(CC)[nH]4)[C@@H](N4CCCC4)C3)sc12. The molecular weight excluding hydrogens is 500 g/mol. The molecule has 3 aromatic rings. The largest absolute Gasteiger partial charge is 0.462 e. The van der Waals surface area contributed by atoms with Crippen LogP contribution in [0.25, 0.3) is 10.2 Å². The summed E-state index contributed by atoms with van der Waals surface area (Å²) in [7, 11) is 0. The Labute approximate surface area is 219 Å². The van der Waals surface area contributed by atoms with Crippen molar-refractivity contribution in [3.63, 3.8) is 0 Å². The van der Waals surface area contributed by atoms with E-state index in [0.717, 1.165) is 66.5 Å². The molecule has 2 aliphatic heterocycles. The number of likely N-dealkylation sites (tertiary alicyclic amines) is 1. The number of aryl methyl sites for hydroxylation is 1. The van der Waals surface area contributed by atoms with Crippen LogP contribution in [-0.4, -0.2) is 76.6 Å². The van der Waals surface area contributed by atoms with Gasteiger partial charge in [-0.2, -0.15) is 0 Å². The number of carbonyl (C=O) groups excluding carboxylic acids is 2. The highest BCUT2D eigenvalue weighted by atomic mass is 35.5. The maximum Gasteiger partial charge on any atom is 0.339 e. The van der Waals surface area contributed by atoms with Gasteiger partial charge >= 0.3 is 5.97 Å². The summed E-state index contributed by atoms with van der Waals surface area (Å²) in [5.41, 5.74) is 2.13. The van der Waals surface area contributed by atoms with E-state index in [4.69, 9.17) is 21.3 Å². The Morgan fingerprint density at radius 1 is 1.22 bits per heavy atom. The average Bonchev–Trinajstić information content (AvgIpc) is 3.63. The molecule has 2 N–H and O–H groups in total. The summed E-state index contributed by atoms with van der Waals surface area (Å²) in [4.78, 5) is 42.4. The standard InChI is InChI=1S/C25H31ClN6O3S/c1-3-16-21(26)30-22(27-16)23(33)28-17-10-13-32(14-19(17)31-11-5-6-12-31)25-29-18-9-7-8-15(20(18)36-25)24(34)35-4-2/h7-9,17,19H,3-6,10-14H2,1-2H3,(H,27,30)(H,28,33)/t17-,19+/m1/s1. The van der Waals surface area contributed by atoms with Crippen LogP contribution in [0.3, 0.4) is 0 Å². The number of thiazole rings is 1. The Morgan fingerprint density at radius 3 is 2.75 bits per heavy atom. The minimum Gasteiger partial charge on any atom is -0.462 e. The van der Waals surface area contributed by atoms with E-state index in [0.29, 0.717) is 23.7 Å². The van der Waals surface area contributed by atoms with E-state index in [-0.39, 0.29) is 29.8 Å². The number of piperidine rings is 1. The molecule has 5 rings (SSSR count). The molecule has 0 bridgehead atoms. The van der Waals surface area contributed by atoms with E-state index in [1.54, 1.807) is 13.0 Å². The van der Waals surface area contributed by atoms with Gasteiger partial charge in [0.15, 0.2) is 16.1 Å². The number of carbonyl (C=O) groups is 2. The van der Waals surface area contributed by atoms with Gasteiger partial charge in [-0.05, 0) is 57.8 Å². The molecule has 192 valence electrons. The highest BCUT2D eigenvalue weighted by Crippen LogP contribution is 2.34. The molecule has 0 aliphatic carbocycles. The van der Waals surface area contributed by atoms with Crippen LogP contribution >= 0.6 is 22.9 Å². The van der Waals surface area contributed by atoms with Gasteiger partial charge in [0.05, 0.1) is 28.1 Å². The lowest BCUT2D eigenvalue weighted by atomic mass is 9.98. The number of aromatic nitrogens is 3. The summed E-state index contributed by atoms with van der Waals surface area (Å²) in [5.74, 6) is -0.283. The van der Waals surface area contributed by atoms with Crippen LogP contribution < -0.4 is 10.2 Å². The zero-order chi connectivity index (χ0) is 25.2. The smallest absolute Gasteiger partial charge is 0.339 e. The third kappa shape index (κ3) is 4.94. The highest BCUT2D eigenvalue weighted by molar-refractivity contribution is 7.22. The van der Waals surface area contributed by atoms with Gasteiger partial charge in [0.25, 0.3) is 5.91 Å². The van der Waals surface area contributed by atoms with Crippen LogP contribution in [0, 0.1) is 0 Å². The van der Waals surface area contributed by atoms with Crippen molar-refractivity contribution in [3.05, 3.63) is 40.4 Å². The number of hydrogen-bond donors (Lipinski definition) is 2. The van der Waals surface area contributed by atoms with Gasteiger partial charge < -0.3 is 19.9 Å². The first-order valence-corrected chi connectivity index (χ1v) is 13.8. The lowest BCUT2D eigenvalue weighted by Gasteiger charge is -2.43. The number of H-pyrrole nitrogens is 1.